The van der Waals surface area contributed by atoms with Gasteiger partial charge in [0.05, 0.1) is 25.4 Å². The van der Waals surface area contributed by atoms with E-state index < -0.39 is 12.1 Å². The lowest BCUT2D eigenvalue weighted by atomic mass is 10.0. The van der Waals surface area contributed by atoms with Gasteiger partial charge in [0.15, 0.2) is 0 Å². The second-order valence-electron chi connectivity index (χ2n) is 20.7. The summed E-state index contributed by atoms with van der Waals surface area (Å²) in [6, 6.07) is -0.537. The molecule has 0 aliphatic heterocycles. The number of hydrogen-bond acceptors (Lipinski definition) is 5. The lowest BCUT2D eigenvalue weighted by Gasteiger charge is -2.22. The third kappa shape index (κ3) is 53.5. The Morgan fingerprint density at radius 3 is 1.15 bits per heavy atom. The normalized spacial score (nSPS) is 12.7. The molecule has 0 heterocycles. The maximum absolute atomic E-state index is 12.4. The van der Waals surface area contributed by atoms with Gasteiger partial charge in [-0.2, -0.15) is 0 Å². The number of ether oxygens (including phenoxy) is 1. The Kier molecular flexibility index (Phi) is 55.5. The molecule has 0 aromatic rings. The number of unbranched alkanes of at least 4 members (excludes halogenated alkanes) is 41. The van der Waals surface area contributed by atoms with Crippen LogP contribution in [0.2, 0.25) is 0 Å². The highest BCUT2D eigenvalue weighted by Gasteiger charge is 2.20. The van der Waals surface area contributed by atoms with E-state index in [-0.39, 0.29) is 18.5 Å². The summed E-state index contributed by atoms with van der Waals surface area (Å²) in [5.74, 6) is -0.0320. The van der Waals surface area contributed by atoms with Crippen molar-refractivity contribution in [2.24, 2.45) is 0 Å². The molecule has 2 atom stereocenters. The van der Waals surface area contributed by atoms with E-state index in [4.69, 9.17) is 4.74 Å². The molecule has 0 saturated heterocycles. The van der Waals surface area contributed by atoms with Crippen molar-refractivity contribution in [3.63, 3.8) is 0 Å². The average Bonchev–Trinajstić information content (AvgIpc) is 3.33. The van der Waals surface area contributed by atoms with E-state index in [9.17, 15) is 19.8 Å². The standard InChI is InChI=1S/C61H117NO5/c1-3-5-7-9-11-13-14-15-16-29-32-35-39-43-47-51-55-61(66)67-56-52-48-44-40-36-33-30-27-25-23-21-19-17-18-20-22-24-26-28-31-34-38-42-46-50-54-60(65)62-58(57-63)59(64)53-49-45-41-37-12-10-8-6-4-2/h13-14,16,29,58-59,63-64H,3-12,15,17-28,30-57H2,1-2H3,(H,62,65)/b14-13-,29-16-. The lowest BCUT2D eigenvalue weighted by molar-refractivity contribution is -0.143. The number of esters is 1. The SMILES string of the molecule is CCCCCC/C=C\C/C=C\CCCCCCCC(=O)OCCCCCCCCCCCCCCCCCCCCCCCCCCCC(=O)NC(CO)C(O)CCCCCCCCCCC. The molecule has 0 radical (unpaired) electrons. The van der Waals surface area contributed by atoms with Crippen molar-refractivity contribution < 1.29 is 24.5 Å². The Bertz CT molecular complexity index is 1040. The van der Waals surface area contributed by atoms with Crippen molar-refractivity contribution in [2.75, 3.05) is 13.2 Å². The van der Waals surface area contributed by atoms with Crippen LogP contribution >= 0.6 is 0 Å². The van der Waals surface area contributed by atoms with Crippen LogP contribution in [0.5, 0.6) is 0 Å². The van der Waals surface area contributed by atoms with Crippen molar-refractivity contribution in [3.05, 3.63) is 24.3 Å². The fourth-order valence-corrected chi connectivity index (χ4v) is 9.38. The predicted octanol–water partition coefficient (Wildman–Crippen LogP) is 18.6. The maximum atomic E-state index is 12.4. The first-order chi connectivity index (χ1) is 33.0. The Balaban J connectivity index is 3.33. The molecular formula is C61H117NO5. The molecule has 396 valence electrons. The Morgan fingerprint density at radius 1 is 0.418 bits per heavy atom. The minimum absolute atomic E-state index is 0.00297. The fraction of sp³-hybridized carbons (Fsp3) is 0.902. The van der Waals surface area contributed by atoms with Crippen LogP contribution < -0.4 is 5.32 Å². The summed E-state index contributed by atoms with van der Waals surface area (Å²) in [6.07, 6.45) is 69.1. The molecule has 0 fully saturated rings. The highest BCUT2D eigenvalue weighted by molar-refractivity contribution is 5.76. The molecule has 0 aromatic heterocycles. The first kappa shape index (κ1) is 65.3. The van der Waals surface area contributed by atoms with Crippen molar-refractivity contribution in [1.29, 1.82) is 0 Å². The molecule has 0 aliphatic carbocycles. The quantitative estimate of drug-likeness (QED) is 0.0321. The molecule has 0 bridgehead atoms. The zero-order valence-electron chi connectivity index (χ0n) is 45.1. The van der Waals surface area contributed by atoms with Gasteiger partial charge in [0.1, 0.15) is 0 Å². The summed E-state index contributed by atoms with van der Waals surface area (Å²) in [4.78, 5) is 24.5. The molecule has 1 amide bonds. The Morgan fingerprint density at radius 2 is 0.746 bits per heavy atom. The summed E-state index contributed by atoms with van der Waals surface area (Å²) in [6.45, 7) is 4.92. The van der Waals surface area contributed by atoms with Crippen LogP contribution in [0, 0.1) is 0 Å². The van der Waals surface area contributed by atoms with Gasteiger partial charge in [-0.25, -0.2) is 0 Å². The van der Waals surface area contributed by atoms with E-state index in [2.05, 4.69) is 43.5 Å². The van der Waals surface area contributed by atoms with Gasteiger partial charge in [-0.3, -0.25) is 9.59 Å². The van der Waals surface area contributed by atoms with Gasteiger partial charge in [0, 0.05) is 12.8 Å². The number of aliphatic hydroxyl groups is 2. The van der Waals surface area contributed by atoms with Gasteiger partial charge in [0.25, 0.3) is 0 Å². The van der Waals surface area contributed by atoms with E-state index in [0.717, 1.165) is 51.4 Å². The number of amides is 1. The zero-order chi connectivity index (χ0) is 48.6. The smallest absolute Gasteiger partial charge is 0.305 e. The monoisotopic (exact) mass is 944 g/mol. The summed E-state index contributed by atoms with van der Waals surface area (Å²) in [7, 11) is 0. The van der Waals surface area contributed by atoms with Gasteiger partial charge in [0.2, 0.25) is 5.91 Å². The molecule has 6 nitrogen and oxygen atoms in total. The minimum Gasteiger partial charge on any atom is -0.466 e. The summed E-state index contributed by atoms with van der Waals surface area (Å²) < 4.78 is 5.48. The molecule has 0 rings (SSSR count). The van der Waals surface area contributed by atoms with Crippen LogP contribution in [-0.2, 0) is 14.3 Å². The molecule has 6 heteroatoms. The van der Waals surface area contributed by atoms with Crippen LogP contribution in [0.25, 0.3) is 0 Å². The van der Waals surface area contributed by atoms with Crippen molar-refractivity contribution in [2.45, 2.75) is 341 Å². The predicted molar refractivity (Wildman–Crippen MR) is 292 cm³/mol. The number of nitrogens with one attached hydrogen (secondary N) is 1. The number of aliphatic hydroxyl groups excluding tert-OH is 2. The summed E-state index contributed by atoms with van der Waals surface area (Å²) >= 11 is 0. The van der Waals surface area contributed by atoms with E-state index in [0.29, 0.717) is 25.9 Å². The fourth-order valence-electron chi connectivity index (χ4n) is 9.38. The van der Waals surface area contributed by atoms with E-state index in [1.165, 1.54) is 244 Å². The third-order valence-corrected chi connectivity index (χ3v) is 14.0. The van der Waals surface area contributed by atoms with Crippen LogP contribution in [0.1, 0.15) is 328 Å². The van der Waals surface area contributed by atoms with Crippen molar-refractivity contribution in [3.8, 4) is 0 Å². The third-order valence-electron chi connectivity index (χ3n) is 14.0. The van der Waals surface area contributed by atoms with Gasteiger partial charge in [-0.15, -0.1) is 0 Å². The summed E-state index contributed by atoms with van der Waals surface area (Å²) in [5.41, 5.74) is 0. The molecule has 0 saturated carbocycles. The minimum atomic E-state index is -0.660. The first-order valence-electron chi connectivity index (χ1n) is 30.1. The Labute approximate surface area is 418 Å². The molecular weight excluding hydrogens is 827 g/mol. The number of allylic oxidation sites excluding steroid dienone is 4. The highest BCUT2D eigenvalue weighted by Crippen LogP contribution is 2.18. The second kappa shape index (κ2) is 56.9. The molecule has 67 heavy (non-hydrogen) atoms. The Hall–Kier alpha value is -1.66. The van der Waals surface area contributed by atoms with E-state index in [1.54, 1.807) is 0 Å². The van der Waals surface area contributed by atoms with Gasteiger partial charge in [-0.05, 0) is 57.8 Å². The topological polar surface area (TPSA) is 95.9 Å². The highest BCUT2D eigenvalue weighted by atomic mass is 16.5. The van der Waals surface area contributed by atoms with Crippen LogP contribution in [-0.4, -0.2) is 47.4 Å². The number of hydrogen-bond donors (Lipinski definition) is 3. The van der Waals surface area contributed by atoms with Crippen LogP contribution in [0.15, 0.2) is 24.3 Å². The second-order valence-corrected chi connectivity index (χ2v) is 20.7. The maximum Gasteiger partial charge on any atom is 0.305 e. The lowest BCUT2D eigenvalue weighted by Crippen LogP contribution is -2.45. The molecule has 3 N–H and O–H groups in total. The zero-order valence-corrected chi connectivity index (χ0v) is 45.1. The van der Waals surface area contributed by atoms with Gasteiger partial charge >= 0.3 is 5.97 Å². The van der Waals surface area contributed by atoms with Crippen LogP contribution in [0.3, 0.4) is 0 Å². The number of rotatable bonds is 56. The van der Waals surface area contributed by atoms with Gasteiger partial charge in [-0.1, -0.05) is 282 Å². The summed E-state index contributed by atoms with van der Waals surface area (Å²) in [5, 5.41) is 23.1. The van der Waals surface area contributed by atoms with Gasteiger partial charge < -0.3 is 20.3 Å². The molecule has 0 spiro atoms. The molecule has 0 aromatic carbocycles. The van der Waals surface area contributed by atoms with Crippen molar-refractivity contribution >= 4 is 11.9 Å². The average molecular weight is 945 g/mol. The number of carbonyl (C=O) groups excluding carboxylic acids is 2. The van der Waals surface area contributed by atoms with E-state index in [1.807, 2.05) is 0 Å². The largest absolute Gasteiger partial charge is 0.466 e. The van der Waals surface area contributed by atoms with E-state index >= 15 is 0 Å². The first-order valence-corrected chi connectivity index (χ1v) is 30.1. The van der Waals surface area contributed by atoms with Crippen LogP contribution in [0.4, 0.5) is 0 Å². The van der Waals surface area contributed by atoms with Crippen molar-refractivity contribution in [1.82, 2.24) is 5.32 Å². The molecule has 0 aliphatic rings. The molecule has 2 unspecified atom stereocenters. The number of carbonyl (C=O) groups is 2.